The molecule has 0 aliphatic rings. The van der Waals surface area contributed by atoms with Crippen LogP contribution in [-0.2, 0) is 10.9 Å². The SMILES string of the molecule is NCCOC(c1ccccc1)c1ccc(C(F)(F)F)cc1. The average Bonchev–Trinajstić information content (AvgIpc) is 2.48. The van der Waals surface area contributed by atoms with Gasteiger partial charge in [-0.3, -0.25) is 0 Å². The molecule has 5 heteroatoms. The van der Waals surface area contributed by atoms with Crippen molar-refractivity contribution in [1.82, 2.24) is 0 Å². The number of halogens is 3. The van der Waals surface area contributed by atoms with Gasteiger partial charge in [0.25, 0.3) is 0 Å². The summed E-state index contributed by atoms with van der Waals surface area (Å²) in [5.74, 6) is 0. The highest BCUT2D eigenvalue weighted by Crippen LogP contribution is 2.32. The zero-order valence-electron chi connectivity index (χ0n) is 11.3. The maximum Gasteiger partial charge on any atom is 0.416 e. The van der Waals surface area contributed by atoms with E-state index in [0.29, 0.717) is 18.7 Å². The molecule has 0 saturated carbocycles. The third-order valence-electron chi connectivity index (χ3n) is 3.05. The Labute approximate surface area is 121 Å². The number of nitrogens with two attached hydrogens (primary N) is 1. The summed E-state index contributed by atoms with van der Waals surface area (Å²) >= 11 is 0. The van der Waals surface area contributed by atoms with E-state index >= 15 is 0 Å². The van der Waals surface area contributed by atoms with Gasteiger partial charge in [0.15, 0.2) is 0 Å². The second-order valence-electron chi connectivity index (χ2n) is 4.57. The van der Waals surface area contributed by atoms with Crippen molar-refractivity contribution in [3.8, 4) is 0 Å². The van der Waals surface area contributed by atoms with Gasteiger partial charge in [0.1, 0.15) is 6.10 Å². The first kappa shape index (κ1) is 15.5. The van der Waals surface area contributed by atoms with E-state index in [0.717, 1.165) is 17.7 Å². The van der Waals surface area contributed by atoms with Gasteiger partial charge in [0, 0.05) is 6.54 Å². The van der Waals surface area contributed by atoms with Gasteiger partial charge in [-0.1, -0.05) is 42.5 Å². The highest BCUT2D eigenvalue weighted by Gasteiger charge is 2.30. The van der Waals surface area contributed by atoms with E-state index in [9.17, 15) is 13.2 Å². The van der Waals surface area contributed by atoms with Crippen LogP contribution in [0.1, 0.15) is 22.8 Å². The maximum atomic E-state index is 12.6. The molecule has 0 aromatic heterocycles. The lowest BCUT2D eigenvalue weighted by Crippen LogP contribution is -2.14. The molecule has 0 amide bonds. The molecule has 0 radical (unpaired) electrons. The lowest BCUT2D eigenvalue weighted by atomic mass is 10.00. The Balaban J connectivity index is 2.29. The van der Waals surface area contributed by atoms with Crippen molar-refractivity contribution in [3.05, 3.63) is 71.3 Å². The summed E-state index contributed by atoms with van der Waals surface area (Å²) in [6, 6.07) is 14.4. The zero-order valence-corrected chi connectivity index (χ0v) is 11.3. The molecule has 1 unspecified atom stereocenters. The lowest BCUT2D eigenvalue weighted by molar-refractivity contribution is -0.137. The summed E-state index contributed by atoms with van der Waals surface area (Å²) in [6.45, 7) is 0.685. The minimum Gasteiger partial charge on any atom is -0.367 e. The van der Waals surface area contributed by atoms with Crippen molar-refractivity contribution >= 4 is 0 Å². The second-order valence-corrected chi connectivity index (χ2v) is 4.57. The molecule has 0 saturated heterocycles. The predicted octanol–water partition coefficient (Wildman–Crippen LogP) is 3.77. The van der Waals surface area contributed by atoms with Crippen LogP contribution in [0.4, 0.5) is 13.2 Å². The molecule has 0 fully saturated rings. The van der Waals surface area contributed by atoms with Crippen LogP contribution in [0.25, 0.3) is 0 Å². The summed E-state index contributed by atoms with van der Waals surface area (Å²) in [5, 5.41) is 0. The van der Waals surface area contributed by atoms with Crippen LogP contribution in [0.2, 0.25) is 0 Å². The first-order valence-electron chi connectivity index (χ1n) is 6.56. The third kappa shape index (κ3) is 4.06. The summed E-state index contributed by atoms with van der Waals surface area (Å²) in [7, 11) is 0. The van der Waals surface area contributed by atoms with Gasteiger partial charge in [-0.2, -0.15) is 13.2 Å². The lowest BCUT2D eigenvalue weighted by Gasteiger charge is -2.19. The molecular formula is C16H16F3NO. The number of hydrogen-bond acceptors (Lipinski definition) is 2. The van der Waals surface area contributed by atoms with Crippen LogP contribution in [0.3, 0.4) is 0 Å². The smallest absolute Gasteiger partial charge is 0.367 e. The predicted molar refractivity (Wildman–Crippen MR) is 74.7 cm³/mol. The molecule has 0 bridgehead atoms. The van der Waals surface area contributed by atoms with Crippen molar-refractivity contribution in [2.45, 2.75) is 12.3 Å². The molecule has 2 aromatic carbocycles. The Morgan fingerprint density at radius 1 is 0.905 bits per heavy atom. The van der Waals surface area contributed by atoms with Gasteiger partial charge in [-0.25, -0.2) is 0 Å². The van der Waals surface area contributed by atoms with Gasteiger partial charge in [0.2, 0.25) is 0 Å². The Hall–Kier alpha value is -1.85. The average molecular weight is 295 g/mol. The van der Waals surface area contributed by atoms with E-state index in [-0.39, 0.29) is 0 Å². The van der Waals surface area contributed by atoms with E-state index < -0.39 is 17.8 Å². The maximum absolute atomic E-state index is 12.6. The van der Waals surface area contributed by atoms with E-state index in [2.05, 4.69) is 0 Å². The highest BCUT2D eigenvalue weighted by atomic mass is 19.4. The van der Waals surface area contributed by atoms with E-state index in [1.807, 2.05) is 30.3 Å². The molecule has 2 rings (SSSR count). The number of hydrogen-bond donors (Lipinski definition) is 1. The Kier molecular flexibility index (Phi) is 4.98. The first-order valence-corrected chi connectivity index (χ1v) is 6.56. The van der Waals surface area contributed by atoms with E-state index in [1.165, 1.54) is 12.1 Å². The van der Waals surface area contributed by atoms with Crippen LogP contribution >= 0.6 is 0 Å². The standard InChI is InChI=1S/C16H16F3NO/c17-16(18,19)14-8-6-13(7-9-14)15(21-11-10-20)12-4-2-1-3-5-12/h1-9,15H,10-11,20H2. The largest absolute Gasteiger partial charge is 0.416 e. The van der Waals surface area contributed by atoms with Crippen molar-refractivity contribution in [1.29, 1.82) is 0 Å². The van der Waals surface area contributed by atoms with Gasteiger partial charge in [-0.05, 0) is 23.3 Å². The Morgan fingerprint density at radius 2 is 1.48 bits per heavy atom. The minimum absolute atomic E-state index is 0.334. The monoisotopic (exact) mass is 295 g/mol. The number of rotatable bonds is 5. The van der Waals surface area contributed by atoms with Crippen LogP contribution < -0.4 is 5.73 Å². The van der Waals surface area contributed by atoms with Crippen LogP contribution in [-0.4, -0.2) is 13.2 Å². The molecule has 0 spiro atoms. The molecule has 112 valence electrons. The summed E-state index contributed by atoms with van der Waals surface area (Å²) in [6.07, 6.45) is -4.75. The van der Waals surface area contributed by atoms with Crippen molar-refractivity contribution < 1.29 is 17.9 Å². The van der Waals surface area contributed by atoms with Crippen molar-refractivity contribution in [2.75, 3.05) is 13.2 Å². The van der Waals surface area contributed by atoms with Crippen LogP contribution in [0, 0.1) is 0 Å². The molecule has 1 atom stereocenters. The number of ether oxygens (including phenoxy) is 1. The van der Waals surface area contributed by atoms with E-state index in [4.69, 9.17) is 10.5 Å². The third-order valence-corrected chi connectivity index (χ3v) is 3.05. The molecular weight excluding hydrogens is 279 g/mol. The topological polar surface area (TPSA) is 35.2 Å². The number of benzene rings is 2. The fourth-order valence-corrected chi connectivity index (χ4v) is 2.05. The first-order chi connectivity index (χ1) is 10.0. The Bertz CT molecular complexity index is 552. The van der Waals surface area contributed by atoms with Crippen molar-refractivity contribution in [3.63, 3.8) is 0 Å². The molecule has 0 heterocycles. The molecule has 0 aliphatic carbocycles. The van der Waals surface area contributed by atoms with Crippen molar-refractivity contribution in [2.24, 2.45) is 5.73 Å². The zero-order chi connectivity index (χ0) is 15.3. The van der Waals surface area contributed by atoms with Crippen LogP contribution in [0.5, 0.6) is 0 Å². The van der Waals surface area contributed by atoms with Crippen LogP contribution in [0.15, 0.2) is 54.6 Å². The van der Waals surface area contributed by atoms with Gasteiger partial charge in [0.05, 0.1) is 12.2 Å². The quantitative estimate of drug-likeness (QED) is 0.911. The second kappa shape index (κ2) is 6.74. The molecule has 21 heavy (non-hydrogen) atoms. The fraction of sp³-hybridized carbons (Fsp3) is 0.250. The minimum atomic E-state index is -4.33. The Morgan fingerprint density at radius 3 is 2.00 bits per heavy atom. The molecule has 0 aliphatic heterocycles. The van der Waals surface area contributed by atoms with Gasteiger partial charge < -0.3 is 10.5 Å². The van der Waals surface area contributed by atoms with Gasteiger partial charge in [-0.15, -0.1) is 0 Å². The fourth-order valence-electron chi connectivity index (χ4n) is 2.05. The molecule has 2 aromatic rings. The van der Waals surface area contributed by atoms with E-state index in [1.54, 1.807) is 0 Å². The molecule has 2 N–H and O–H groups in total. The highest BCUT2D eigenvalue weighted by molar-refractivity contribution is 5.33. The summed E-state index contributed by atoms with van der Waals surface area (Å²) in [5.41, 5.74) is 6.32. The van der Waals surface area contributed by atoms with Gasteiger partial charge >= 0.3 is 6.18 Å². The molecule has 2 nitrogen and oxygen atoms in total. The summed E-state index contributed by atoms with van der Waals surface area (Å²) in [4.78, 5) is 0. The normalized spacial score (nSPS) is 13.1. The summed E-state index contributed by atoms with van der Waals surface area (Å²) < 4.78 is 43.5. The number of alkyl halides is 3.